The van der Waals surface area contributed by atoms with E-state index in [2.05, 4.69) is 47.1 Å². The van der Waals surface area contributed by atoms with Crippen LogP contribution in [0.3, 0.4) is 0 Å². The Morgan fingerprint density at radius 1 is 0.917 bits per heavy atom. The highest BCUT2D eigenvalue weighted by atomic mass is 35.5. The van der Waals surface area contributed by atoms with Crippen molar-refractivity contribution in [3.05, 3.63) is 35.9 Å². The summed E-state index contributed by atoms with van der Waals surface area (Å²) >= 11 is 0. The van der Waals surface area contributed by atoms with Gasteiger partial charge in [0, 0.05) is 0 Å². The standard InChI is InChI=1S/C20H27NO.ClH.H2O/c1-3-11-19(12-4-1)20(13-5-2-6-14-20)22-18-10-9-17-21-15-7-8-16-21;;/h1,3-4,11-12H,2,5-8,13-18H2;1H;1H2. The SMILES string of the molecule is C(#CCN1CCCC1)COC1(c2ccccc2)CCCCC1.Cl.O. The largest absolute Gasteiger partial charge is 0.412 e. The van der Waals surface area contributed by atoms with E-state index >= 15 is 0 Å². The molecule has 2 aliphatic rings. The van der Waals surface area contributed by atoms with Crippen LogP contribution in [-0.2, 0) is 10.3 Å². The van der Waals surface area contributed by atoms with Crippen LogP contribution in [-0.4, -0.2) is 36.6 Å². The molecule has 1 aliphatic heterocycles. The minimum absolute atomic E-state index is 0. The van der Waals surface area contributed by atoms with Crippen molar-refractivity contribution in [2.45, 2.75) is 50.5 Å². The molecule has 4 heteroatoms. The molecule has 2 fully saturated rings. The molecule has 0 unspecified atom stereocenters. The van der Waals surface area contributed by atoms with E-state index in [0.29, 0.717) is 6.61 Å². The molecule has 0 bridgehead atoms. The fraction of sp³-hybridized carbons (Fsp3) is 0.600. The van der Waals surface area contributed by atoms with Crippen molar-refractivity contribution in [1.82, 2.24) is 4.90 Å². The van der Waals surface area contributed by atoms with E-state index < -0.39 is 0 Å². The van der Waals surface area contributed by atoms with E-state index in [1.807, 2.05) is 0 Å². The van der Waals surface area contributed by atoms with Crippen LogP contribution in [0.25, 0.3) is 0 Å². The molecule has 1 saturated carbocycles. The van der Waals surface area contributed by atoms with Gasteiger partial charge in [-0.1, -0.05) is 61.4 Å². The first kappa shape index (κ1) is 21.0. The van der Waals surface area contributed by atoms with Crippen molar-refractivity contribution < 1.29 is 10.2 Å². The van der Waals surface area contributed by atoms with E-state index in [1.54, 1.807) is 0 Å². The summed E-state index contributed by atoms with van der Waals surface area (Å²) in [5.74, 6) is 6.53. The third kappa shape index (κ3) is 5.50. The zero-order valence-corrected chi connectivity index (χ0v) is 15.2. The second-order valence-electron chi connectivity index (χ2n) is 6.55. The van der Waals surface area contributed by atoms with Crippen molar-refractivity contribution in [1.29, 1.82) is 0 Å². The van der Waals surface area contributed by atoms with Crippen LogP contribution in [0.15, 0.2) is 30.3 Å². The van der Waals surface area contributed by atoms with E-state index in [9.17, 15) is 0 Å². The van der Waals surface area contributed by atoms with Crippen molar-refractivity contribution in [2.24, 2.45) is 0 Å². The van der Waals surface area contributed by atoms with Gasteiger partial charge in [-0.2, -0.15) is 0 Å². The minimum Gasteiger partial charge on any atom is -0.412 e. The molecule has 1 aromatic rings. The molecule has 3 rings (SSSR count). The number of benzene rings is 1. The van der Waals surface area contributed by atoms with Gasteiger partial charge in [0.15, 0.2) is 0 Å². The first-order valence-electron chi connectivity index (χ1n) is 8.77. The molecule has 0 atom stereocenters. The maximum atomic E-state index is 6.33. The van der Waals surface area contributed by atoms with Crippen molar-refractivity contribution >= 4 is 12.4 Å². The Bertz CT molecular complexity index is 511. The van der Waals surface area contributed by atoms with E-state index in [0.717, 1.165) is 19.4 Å². The van der Waals surface area contributed by atoms with Gasteiger partial charge in [0.05, 0.1) is 12.1 Å². The zero-order valence-electron chi connectivity index (χ0n) is 14.4. The third-order valence-corrected chi connectivity index (χ3v) is 5.01. The summed E-state index contributed by atoms with van der Waals surface area (Å²) in [5.41, 5.74) is 1.23. The van der Waals surface area contributed by atoms with E-state index in [4.69, 9.17) is 4.74 Å². The minimum atomic E-state index is -0.0954. The lowest BCUT2D eigenvalue weighted by Crippen LogP contribution is -2.32. The number of ether oxygens (including phenoxy) is 1. The van der Waals surface area contributed by atoms with Crippen LogP contribution in [0.5, 0.6) is 0 Å². The highest BCUT2D eigenvalue weighted by molar-refractivity contribution is 5.85. The highest BCUT2D eigenvalue weighted by Crippen LogP contribution is 2.40. The molecule has 1 aliphatic carbocycles. The lowest BCUT2D eigenvalue weighted by molar-refractivity contribution is -0.0609. The van der Waals surface area contributed by atoms with Crippen LogP contribution in [0.4, 0.5) is 0 Å². The van der Waals surface area contributed by atoms with Crippen LogP contribution < -0.4 is 0 Å². The predicted molar refractivity (Wildman–Crippen MR) is 101 cm³/mol. The average molecular weight is 352 g/mol. The number of halogens is 1. The maximum absolute atomic E-state index is 6.33. The van der Waals surface area contributed by atoms with Crippen LogP contribution in [0.1, 0.15) is 50.5 Å². The highest BCUT2D eigenvalue weighted by Gasteiger charge is 2.34. The molecule has 0 aromatic heterocycles. The van der Waals surface area contributed by atoms with Gasteiger partial charge < -0.3 is 10.2 Å². The Hall–Kier alpha value is -1.05. The van der Waals surface area contributed by atoms with Gasteiger partial charge in [-0.3, -0.25) is 4.90 Å². The predicted octanol–water partition coefficient (Wildman–Crippen LogP) is 3.56. The quantitative estimate of drug-likeness (QED) is 0.778. The summed E-state index contributed by atoms with van der Waals surface area (Å²) in [6.45, 7) is 3.89. The Labute approximate surface area is 152 Å². The van der Waals surface area contributed by atoms with Crippen molar-refractivity contribution in [3.63, 3.8) is 0 Å². The molecule has 24 heavy (non-hydrogen) atoms. The summed E-state index contributed by atoms with van der Waals surface area (Å²) in [7, 11) is 0. The van der Waals surface area contributed by atoms with Crippen LogP contribution in [0.2, 0.25) is 0 Å². The maximum Gasteiger partial charge on any atom is 0.108 e. The first-order chi connectivity index (χ1) is 10.9. The fourth-order valence-electron chi connectivity index (χ4n) is 3.71. The molecule has 0 amide bonds. The Balaban J connectivity index is 0.00000144. The molecular formula is C20H30ClNO2. The fourth-order valence-corrected chi connectivity index (χ4v) is 3.71. The molecule has 1 heterocycles. The summed E-state index contributed by atoms with van der Waals surface area (Å²) in [5, 5.41) is 0. The van der Waals surface area contributed by atoms with Gasteiger partial charge in [-0.05, 0) is 44.3 Å². The molecule has 0 radical (unpaired) electrons. The molecular weight excluding hydrogens is 322 g/mol. The Morgan fingerprint density at radius 3 is 2.25 bits per heavy atom. The van der Waals surface area contributed by atoms with Crippen LogP contribution in [0, 0.1) is 11.8 Å². The second-order valence-corrected chi connectivity index (χ2v) is 6.55. The van der Waals surface area contributed by atoms with Gasteiger partial charge >= 0.3 is 0 Å². The van der Waals surface area contributed by atoms with Gasteiger partial charge in [-0.25, -0.2) is 0 Å². The molecule has 2 N–H and O–H groups in total. The van der Waals surface area contributed by atoms with Gasteiger partial charge in [0.25, 0.3) is 0 Å². The normalized spacial score (nSPS) is 19.5. The summed E-state index contributed by atoms with van der Waals surface area (Å²) in [4.78, 5) is 2.43. The average Bonchev–Trinajstić information content (AvgIpc) is 3.10. The summed E-state index contributed by atoms with van der Waals surface area (Å²) in [6.07, 6.45) is 8.77. The van der Waals surface area contributed by atoms with Gasteiger partial charge in [-0.15, -0.1) is 12.4 Å². The Kier molecular flexibility index (Phi) is 9.39. The van der Waals surface area contributed by atoms with Gasteiger partial charge in [0.1, 0.15) is 6.61 Å². The van der Waals surface area contributed by atoms with E-state index in [1.165, 1.54) is 50.8 Å². The molecule has 1 aromatic carbocycles. The molecule has 134 valence electrons. The number of hydrogen-bond acceptors (Lipinski definition) is 2. The molecule has 0 spiro atoms. The van der Waals surface area contributed by atoms with Gasteiger partial charge in [0.2, 0.25) is 0 Å². The number of likely N-dealkylation sites (tertiary alicyclic amines) is 1. The lowest BCUT2D eigenvalue weighted by atomic mass is 9.79. The molecule has 3 nitrogen and oxygen atoms in total. The monoisotopic (exact) mass is 351 g/mol. The topological polar surface area (TPSA) is 44.0 Å². The Morgan fingerprint density at radius 2 is 1.58 bits per heavy atom. The second kappa shape index (κ2) is 10.7. The smallest absolute Gasteiger partial charge is 0.108 e. The molecule has 1 saturated heterocycles. The zero-order chi connectivity index (χ0) is 15.1. The summed E-state index contributed by atoms with van der Waals surface area (Å²) < 4.78 is 6.33. The number of nitrogens with zero attached hydrogens (tertiary/aromatic N) is 1. The first-order valence-corrected chi connectivity index (χ1v) is 8.77. The van der Waals surface area contributed by atoms with Crippen molar-refractivity contribution in [2.75, 3.05) is 26.2 Å². The number of rotatable bonds is 4. The third-order valence-electron chi connectivity index (χ3n) is 5.01. The number of hydrogen-bond donors (Lipinski definition) is 0. The van der Waals surface area contributed by atoms with Crippen molar-refractivity contribution in [3.8, 4) is 11.8 Å². The summed E-state index contributed by atoms with van der Waals surface area (Å²) in [6, 6.07) is 10.7. The van der Waals surface area contributed by atoms with Crippen LogP contribution >= 0.6 is 12.4 Å². The lowest BCUT2D eigenvalue weighted by Gasteiger charge is -2.37. The van der Waals surface area contributed by atoms with E-state index in [-0.39, 0.29) is 23.5 Å².